The van der Waals surface area contributed by atoms with Gasteiger partial charge in [0.2, 0.25) is 0 Å². The second-order valence-corrected chi connectivity index (χ2v) is 15.3. The third-order valence-corrected chi connectivity index (χ3v) is 12.6. The van der Waals surface area contributed by atoms with Crippen LogP contribution in [0.3, 0.4) is 0 Å². The maximum atomic E-state index is 14.1. The van der Waals surface area contributed by atoms with Crippen molar-refractivity contribution in [3.8, 4) is 0 Å². The average Bonchev–Trinajstić information content (AvgIpc) is 2.82. The number of carbonyl (C=O) groups excluding carboxylic acids is 2. The summed E-state index contributed by atoms with van der Waals surface area (Å²) in [5.41, 5.74) is 1.88. The van der Waals surface area contributed by atoms with Crippen LogP contribution in [0.25, 0.3) is 0 Å². The molecular weight excluding hydrogens is 456 g/mol. The van der Waals surface area contributed by atoms with Crippen molar-refractivity contribution in [1.29, 1.82) is 0 Å². The molecule has 0 aromatic heterocycles. The van der Waals surface area contributed by atoms with E-state index >= 15 is 0 Å². The molecule has 0 radical (unpaired) electrons. The molecule has 5 aliphatic carbocycles. The molecule has 0 aromatic rings. The van der Waals surface area contributed by atoms with Crippen LogP contribution in [0.1, 0.15) is 125 Å². The standard InChI is InChI=1S/C34H54O3/c1-22(2)10-7-8-19-37-31(36)24-12-16-32(4)17-13-27-25(28(32)20-24)21-29(35)30-33(5)15-9-11-23(3)26(33)14-18-34(27,30)6/h21-24,26-28,30H,7-20H2,1-6H3/t23-,24?,26?,27?,28?,30?,32+,33-,34-/m0/s1. The van der Waals surface area contributed by atoms with Gasteiger partial charge < -0.3 is 4.74 Å². The highest BCUT2D eigenvalue weighted by Crippen LogP contribution is 2.69. The molecule has 0 bridgehead atoms. The molecule has 0 amide bonds. The molecule has 5 aliphatic rings. The number of esters is 1. The van der Waals surface area contributed by atoms with Gasteiger partial charge in [0, 0.05) is 5.92 Å². The van der Waals surface area contributed by atoms with Crippen molar-refractivity contribution in [2.45, 2.75) is 125 Å². The Morgan fingerprint density at radius 3 is 2.49 bits per heavy atom. The van der Waals surface area contributed by atoms with Crippen LogP contribution >= 0.6 is 0 Å². The van der Waals surface area contributed by atoms with Crippen molar-refractivity contribution >= 4 is 11.8 Å². The molecule has 5 rings (SSSR count). The fourth-order valence-electron chi connectivity index (χ4n) is 10.6. The number of carbonyl (C=O) groups is 2. The molecule has 3 nitrogen and oxygen atoms in total. The van der Waals surface area contributed by atoms with E-state index in [-0.39, 0.29) is 34.1 Å². The third kappa shape index (κ3) is 4.67. The Balaban J connectivity index is 1.35. The van der Waals surface area contributed by atoms with Crippen molar-refractivity contribution in [3.63, 3.8) is 0 Å². The summed E-state index contributed by atoms with van der Waals surface area (Å²) in [6.07, 6.45) is 17.1. The van der Waals surface area contributed by atoms with Gasteiger partial charge in [0.1, 0.15) is 0 Å². The van der Waals surface area contributed by atoms with E-state index in [9.17, 15) is 9.59 Å². The van der Waals surface area contributed by atoms with Crippen molar-refractivity contribution in [2.75, 3.05) is 6.61 Å². The number of ether oxygens (including phenoxy) is 1. The second-order valence-electron chi connectivity index (χ2n) is 15.3. The van der Waals surface area contributed by atoms with Gasteiger partial charge in [-0.25, -0.2) is 0 Å². The van der Waals surface area contributed by atoms with Gasteiger partial charge >= 0.3 is 5.97 Å². The first-order chi connectivity index (χ1) is 17.5. The lowest BCUT2D eigenvalue weighted by atomic mass is 9.39. The van der Waals surface area contributed by atoms with Crippen molar-refractivity contribution in [1.82, 2.24) is 0 Å². The van der Waals surface area contributed by atoms with Gasteiger partial charge in [-0.2, -0.15) is 0 Å². The summed E-state index contributed by atoms with van der Waals surface area (Å²) < 4.78 is 5.80. The molecule has 4 saturated carbocycles. The first-order valence-corrected chi connectivity index (χ1v) is 15.9. The van der Waals surface area contributed by atoms with Crippen LogP contribution in [0.5, 0.6) is 0 Å². The molecule has 0 aliphatic heterocycles. The van der Waals surface area contributed by atoms with E-state index in [2.05, 4.69) is 47.6 Å². The quantitative estimate of drug-likeness (QED) is 0.265. The lowest BCUT2D eigenvalue weighted by molar-refractivity contribution is -0.160. The minimum atomic E-state index is -0.00379. The highest BCUT2D eigenvalue weighted by Gasteiger charge is 2.64. The highest BCUT2D eigenvalue weighted by molar-refractivity contribution is 5.95. The highest BCUT2D eigenvalue weighted by atomic mass is 16.5. The number of unbranched alkanes of at least 4 members (excludes halogenated alkanes) is 1. The molecule has 5 unspecified atom stereocenters. The molecule has 0 heterocycles. The zero-order valence-electron chi connectivity index (χ0n) is 24.7. The van der Waals surface area contributed by atoms with Crippen molar-refractivity contribution in [2.24, 2.45) is 57.7 Å². The maximum absolute atomic E-state index is 14.1. The minimum absolute atomic E-state index is 0.00379. The Kier molecular flexibility index (Phi) is 7.51. The van der Waals surface area contributed by atoms with Crippen LogP contribution in [0.4, 0.5) is 0 Å². The first-order valence-electron chi connectivity index (χ1n) is 15.9. The Morgan fingerprint density at radius 1 is 0.973 bits per heavy atom. The number of hydrogen-bond acceptors (Lipinski definition) is 3. The van der Waals surface area contributed by atoms with Gasteiger partial charge in [-0.05, 0) is 116 Å². The molecule has 37 heavy (non-hydrogen) atoms. The predicted octanol–water partition coefficient (Wildman–Crippen LogP) is 8.56. The van der Waals surface area contributed by atoms with E-state index in [0.29, 0.717) is 36.1 Å². The summed E-state index contributed by atoms with van der Waals surface area (Å²) >= 11 is 0. The lowest BCUT2D eigenvalue weighted by Gasteiger charge is -2.65. The number of allylic oxidation sites excluding steroid dienone is 2. The number of hydrogen-bond donors (Lipinski definition) is 0. The lowest BCUT2D eigenvalue weighted by Crippen LogP contribution is -2.60. The Bertz CT molecular complexity index is 918. The predicted molar refractivity (Wildman–Crippen MR) is 150 cm³/mol. The molecule has 0 N–H and O–H groups in total. The van der Waals surface area contributed by atoms with Gasteiger partial charge in [0.15, 0.2) is 5.78 Å². The zero-order chi connectivity index (χ0) is 26.6. The smallest absolute Gasteiger partial charge is 0.308 e. The Morgan fingerprint density at radius 2 is 1.73 bits per heavy atom. The maximum Gasteiger partial charge on any atom is 0.308 e. The summed E-state index contributed by atoms with van der Waals surface area (Å²) in [6, 6.07) is 0. The molecule has 208 valence electrons. The molecule has 0 aromatic carbocycles. The normalized spacial score (nSPS) is 45.3. The van der Waals surface area contributed by atoms with Gasteiger partial charge in [-0.15, -0.1) is 0 Å². The van der Waals surface area contributed by atoms with Gasteiger partial charge in [0.25, 0.3) is 0 Å². The van der Waals surface area contributed by atoms with Crippen LogP contribution in [0.15, 0.2) is 11.6 Å². The summed E-state index contributed by atoms with van der Waals surface area (Å²) in [4.78, 5) is 27.2. The van der Waals surface area contributed by atoms with Crippen LogP contribution < -0.4 is 0 Å². The van der Waals surface area contributed by atoms with E-state index in [1.54, 1.807) is 0 Å². The molecule has 0 saturated heterocycles. The van der Waals surface area contributed by atoms with E-state index in [1.807, 2.05) is 0 Å². The van der Waals surface area contributed by atoms with E-state index < -0.39 is 0 Å². The molecular formula is C34H54O3. The largest absolute Gasteiger partial charge is 0.465 e. The minimum Gasteiger partial charge on any atom is -0.465 e. The second kappa shape index (κ2) is 10.1. The molecule has 3 heteroatoms. The van der Waals surface area contributed by atoms with E-state index in [0.717, 1.165) is 38.0 Å². The Labute approximate surface area is 227 Å². The van der Waals surface area contributed by atoms with E-state index in [1.165, 1.54) is 56.9 Å². The van der Waals surface area contributed by atoms with Gasteiger partial charge in [-0.1, -0.05) is 66.4 Å². The fourth-order valence-corrected chi connectivity index (χ4v) is 10.6. The van der Waals surface area contributed by atoms with Crippen molar-refractivity contribution in [3.05, 3.63) is 11.6 Å². The molecule has 9 atom stereocenters. The summed E-state index contributed by atoms with van der Waals surface area (Å²) in [7, 11) is 0. The monoisotopic (exact) mass is 510 g/mol. The van der Waals surface area contributed by atoms with E-state index in [4.69, 9.17) is 4.74 Å². The van der Waals surface area contributed by atoms with Crippen molar-refractivity contribution < 1.29 is 14.3 Å². The van der Waals surface area contributed by atoms with Crippen LogP contribution in [0, 0.1) is 57.7 Å². The van der Waals surface area contributed by atoms with Crippen LogP contribution in [-0.4, -0.2) is 18.4 Å². The fraction of sp³-hybridized carbons (Fsp3) is 0.882. The zero-order valence-corrected chi connectivity index (χ0v) is 24.7. The summed E-state index contributed by atoms with van der Waals surface area (Å²) in [5.74, 6) is 3.63. The number of ketones is 1. The first kappa shape index (κ1) is 27.4. The summed E-state index contributed by atoms with van der Waals surface area (Å²) in [6.45, 7) is 14.9. The average molecular weight is 511 g/mol. The topological polar surface area (TPSA) is 43.4 Å². The third-order valence-electron chi connectivity index (χ3n) is 12.6. The number of rotatable bonds is 6. The SMILES string of the molecule is CC(C)CCCCOC(=O)C1CC[C@]2(C)CCC3C(=CC(=O)C4[C@@]3(C)CCC3[C@@H](C)CCC[C@@]34C)C2C1. The van der Waals surface area contributed by atoms with Gasteiger partial charge in [0.05, 0.1) is 12.5 Å². The number of fused-ring (bicyclic) bond motifs is 7. The van der Waals surface area contributed by atoms with Crippen LogP contribution in [0.2, 0.25) is 0 Å². The van der Waals surface area contributed by atoms with Gasteiger partial charge in [-0.3, -0.25) is 9.59 Å². The van der Waals surface area contributed by atoms with Crippen LogP contribution in [-0.2, 0) is 14.3 Å². The molecule has 0 spiro atoms. The Hall–Kier alpha value is -1.12. The molecule has 4 fully saturated rings. The summed E-state index contributed by atoms with van der Waals surface area (Å²) in [5, 5.41) is 0.